The molecule has 1 rings (SSSR count). The highest BCUT2D eigenvalue weighted by Gasteiger charge is 2.25. The van der Waals surface area contributed by atoms with Crippen LogP contribution in [0.1, 0.15) is 53.9 Å². The lowest BCUT2D eigenvalue weighted by atomic mass is 9.87. The SMILES string of the molecule is C\C=C/C(=C\C(F)=C(/C)F)C(CC)CCC(C)C1OCC(C)CO1. The molecule has 1 fully saturated rings. The molecule has 0 radical (unpaired) electrons. The summed E-state index contributed by atoms with van der Waals surface area (Å²) in [5, 5.41) is 0. The minimum Gasteiger partial charge on any atom is -0.352 e. The number of hydrogen-bond acceptors (Lipinski definition) is 2. The normalized spacial score (nSPS) is 26.4. The Morgan fingerprint density at radius 2 is 1.83 bits per heavy atom. The van der Waals surface area contributed by atoms with Crippen LogP contribution in [0.2, 0.25) is 0 Å². The highest BCUT2D eigenvalue weighted by atomic mass is 19.2. The third-order valence-corrected chi connectivity index (χ3v) is 4.47. The Morgan fingerprint density at radius 3 is 2.33 bits per heavy atom. The van der Waals surface area contributed by atoms with E-state index in [9.17, 15) is 8.78 Å². The highest BCUT2D eigenvalue weighted by Crippen LogP contribution is 2.29. The van der Waals surface area contributed by atoms with Crippen molar-refractivity contribution in [1.82, 2.24) is 0 Å². The van der Waals surface area contributed by atoms with Crippen molar-refractivity contribution in [3.63, 3.8) is 0 Å². The van der Waals surface area contributed by atoms with Gasteiger partial charge in [0.1, 0.15) is 5.83 Å². The third kappa shape index (κ3) is 6.86. The molecule has 138 valence electrons. The molecule has 0 aromatic heterocycles. The molecular formula is C20H32F2O2. The van der Waals surface area contributed by atoms with Crippen molar-refractivity contribution in [3.8, 4) is 0 Å². The summed E-state index contributed by atoms with van der Waals surface area (Å²) in [5.41, 5.74) is 0.834. The fourth-order valence-corrected chi connectivity index (χ4v) is 2.89. The monoisotopic (exact) mass is 342 g/mol. The van der Waals surface area contributed by atoms with E-state index in [1.54, 1.807) is 0 Å². The van der Waals surface area contributed by atoms with Gasteiger partial charge in [-0.2, -0.15) is 0 Å². The molecule has 0 bridgehead atoms. The van der Waals surface area contributed by atoms with Gasteiger partial charge in [-0.15, -0.1) is 0 Å². The highest BCUT2D eigenvalue weighted by molar-refractivity contribution is 5.29. The van der Waals surface area contributed by atoms with Crippen LogP contribution < -0.4 is 0 Å². The van der Waals surface area contributed by atoms with Gasteiger partial charge in [-0.05, 0) is 50.7 Å². The predicted molar refractivity (Wildman–Crippen MR) is 94.8 cm³/mol. The van der Waals surface area contributed by atoms with Crippen LogP contribution in [0.5, 0.6) is 0 Å². The van der Waals surface area contributed by atoms with Crippen molar-refractivity contribution < 1.29 is 18.3 Å². The van der Waals surface area contributed by atoms with Crippen LogP contribution in [0.4, 0.5) is 8.78 Å². The molecular weight excluding hydrogens is 310 g/mol. The zero-order valence-corrected chi connectivity index (χ0v) is 15.6. The van der Waals surface area contributed by atoms with Crippen molar-refractivity contribution in [2.45, 2.75) is 60.2 Å². The van der Waals surface area contributed by atoms with Crippen LogP contribution in [-0.2, 0) is 9.47 Å². The summed E-state index contributed by atoms with van der Waals surface area (Å²) in [6.45, 7) is 10.8. The van der Waals surface area contributed by atoms with Gasteiger partial charge in [0.05, 0.1) is 13.2 Å². The van der Waals surface area contributed by atoms with Crippen LogP contribution in [0.3, 0.4) is 0 Å². The fourth-order valence-electron chi connectivity index (χ4n) is 2.89. The second-order valence-corrected chi connectivity index (χ2v) is 6.83. The number of halogens is 2. The van der Waals surface area contributed by atoms with Gasteiger partial charge in [-0.3, -0.25) is 0 Å². The lowest BCUT2D eigenvalue weighted by molar-refractivity contribution is -0.220. The van der Waals surface area contributed by atoms with Crippen LogP contribution in [0.15, 0.2) is 35.5 Å². The zero-order chi connectivity index (χ0) is 18.1. The topological polar surface area (TPSA) is 18.5 Å². The summed E-state index contributed by atoms with van der Waals surface area (Å²) < 4.78 is 38.2. The van der Waals surface area contributed by atoms with Crippen LogP contribution in [0.25, 0.3) is 0 Å². The smallest absolute Gasteiger partial charge is 0.160 e. The van der Waals surface area contributed by atoms with Gasteiger partial charge in [0.15, 0.2) is 12.1 Å². The molecule has 2 unspecified atom stereocenters. The van der Waals surface area contributed by atoms with E-state index < -0.39 is 11.7 Å². The minimum absolute atomic E-state index is 0.155. The maximum absolute atomic E-state index is 13.7. The van der Waals surface area contributed by atoms with Crippen LogP contribution in [-0.4, -0.2) is 19.5 Å². The van der Waals surface area contributed by atoms with E-state index in [4.69, 9.17) is 9.47 Å². The molecule has 24 heavy (non-hydrogen) atoms. The van der Waals surface area contributed by atoms with Crippen molar-refractivity contribution >= 4 is 0 Å². The maximum Gasteiger partial charge on any atom is 0.160 e. The summed E-state index contributed by atoms with van der Waals surface area (Å²) in [5.74, 6) is -0.654. The number of hydrogen-bond donors (Lipinski definition) is 0. The molecule has 4 heteroatoms. The Bertz CT molecular complexity index is 456. The van der Waals surface area contributed by atoms with Gasteiger partial charge in [0.2, 0.25) is 0 Å². The molecule has 0 amide bonds. The lowest BCUT2D eigenvalue weighted by Crippen LogP contribution is -2.35. The van der Waals surface area contributed by atoms with Gasteiger partial charge >= 0.3 is 0 Å². The van der Waals surface area contributed by atoms with E-state index in [1.165, 1.54) is 6.08 Å². The standard InChI is InChI=1S/C20H32F2O2/c1-6-8-18(11-19(22)16(5)21)17(7-2)10-9-15(4)20-23-12-14(3)13-24-20/h6,8,11,14-15,17,20H,7,9-10,12-13H2,1-5H3/b8-6-,18-11+,19-16-. The van der Waals surface area contributed by atoms with Gasteiger partial charge in [-0.1, -0.05) is 32.9 Å². The first-order valence-electron chi connectivity index (χ1n) is 8.98. The predicted octanol–water partition coefficient (Wildman–Crippen LogP) is 6.11. The molecule has 0 N–H and O–H groups in total. The van der Waals surface area contributed by atoms with Crippen molar-refractivity contribution in [3.05, 3.63) is 35.5 Å². The van der Waals surface area contributed by atoms with E-state index in [2.05, 4.69) is 20.8 Å². The number of allylic oxidation sites excluding steroid dienone is 6. The second kappa shape index (κ2) is 10.8. The van der Waals surface area contributed by atoms with Crippen molar-refractivity contribution in [2.24, 2.45) is 17.8 Å². The van der Waals surface area contributed by atoms with Gasteiger partial charge in [0, 0.05) is 11.8 Å². The molecule has 1 heterocycles. The molecule has 2 nitrogen and oxygen atoms in total. The zero-order valence-electron chi connectivity index (χ0n) is 15.6. The van der Waals surface area contributed by atoms with E-state index in [1.807, 2.05) is 19.1 Å². The minimum atomic E-state index is -0.789. The molecule has 1 saturated heterocycles. The summed E-state index contributed by atoms with van der Waals surface area (Å²) in [6.07, 6.45) is 7.61. The van der Waals surface area contributed by atoms with Crippen LogP contribution in [0, 0.1) is 17.8 Å². The third-order valence-electron chi connectivity index (χ3n) is 4.47. The molecule has 1 aliphatic heterocycles. The molecule has 0 aromatic carbocycles. The van der Waals surface area contributed by atoms with E-state index in [-0.39, 0.29) is 18.1 Å². The largest absolute Gasteiger partial charge is 0.352 e. The van der Waals surface area contributed by atoms with Crippen molar-refractivity contribution in [2.75, 3.05) is 13.2 Å². The molecule has 0 spiro atoms. The quantitative estimate of drug-likeness (QED) is 0.495. The Labute approximate surface area is 145 Å². The summed E-state index contributed by atoms with van der Waals surface area (Å²) >= 11 is 0. The Morgan fingerprint density at radius 1 is 1.21 bits per heavy atom. The average Bonchev–Trinajstić information content (AvgIpc) is 2.55. The Balaban J connectivity index is 2.68. The van der Waals surface area contributed by atoms with Gasteiger partial charge in [0.25, 0.3) is 0 Å². The first-order chi connectivity index (χ1) is 11.4. The average molecular weight is 342 g/mol. The van der Waals surface area contributed by atoms with E-state index >= 15 is 0 Å². The first kappa shape index (κ1) is 21.0. The summed E-state index contributed by atoms with van der Waals surface area (Å²) in [7, 11) is 0. The molecule has 0 aromatic rings. The van der Waals surface area contributed by atoms with E-state index in [0.29, 0.717) is 5.92 Å². The van der Waals surface area contributed by atoms with Crippen molar-refractivity contribution in [1.29, 1.82) is 0 Å². The first-order valence-corrected chi connectivity index (χ1v) is 8.98. The molecule has 1 aliphatic rings. The van der Waals surface area contributed by atoms with Crippen LogP contribution >= 0.6 is 0 Å². The number of rotatable bonds is 8. The summed E-state index contributed by atoms with van der Waals surface area (Å²) in [4.78, 5) is 0. The Kier molecular flexibility index (Phi) is 9.45. The molecule has 2 atom stereocenters. The Hall–Kier alpha value is -1.00. The fraction of sp³-hybridized carbons (Fsp3) is 0.700. The molecule has 0 aliphatic carbocycles. The number of ether oxygens (including phenoxy) is 2. The van der Waals surface area contributed by atoms with E-state index in [0.717, 1.165) is 45.0 Å². The molecule has 0 saturated carbocycles. The van der Waals surface area contributed by atoms with Gasteiger partial charge < -0.3 is 9.47 Å². The maximum atomic E-state index is 13.7. The second-order valence-electron chi connectivity index (χ2n) is 6.83. The lowest BCUT2D eigenvalue weighted by Gasteiger charge is -2.32. The summed E-state index contributed by atoms with van der Waals surface area (Å²) in [6, 6.07) is 0. The van der Waals surface area contributed by atoms with Gasteiger partial charge in [-0.25, -0.2) is 8.78 Å².